The summed E-state index contributed by atoms with van der Waals surface area (Å²) in [5.41, 5.74) is 0.708. The van der Waals surface area contributed by atoms with E-state index in [-0.39, 0.29) is 6.10 Å². The Morgan fingerprint density at radius 2 is 2.50 bits per heavy atom. The van der Waals surface area contributed by atoms with Gasteiger partial charge in [0, 0.05) is 13.1 Å². The van der Waals surface area contributed by atoms with Gasteiger partial charge >= 0.3 is 0 Å². The molecule has 1 aliphatic rings. The van der Waals surface area contributed by atoms with Crippen molar-refractivity contribution in [2.45, 2.75) is 13.0 Å². The molecule has 0 radical (unpaired) electrons. The molecule has 1 N–H and O–H groups in total. The molecule has 0 aromatic carbocycles. The number of morpholine rings is 1. The molecule has 0 spiro atoms. The summed E-state index contributed by atoms with van der Waals surface area (Å²) in [7, 11) is 0. The van der Waals surface area contributed by atoms with Gasteiger partial charge in [0.2, 0.25) is 6.41 Å². The van der Waals surface area contributed by atoms with E-state index in [2.05, 4.69) is 22.1 Å². The summed E-state index contributed by atoms with van der Waals surface area (Å²) in [6.07, 6.45) is 2.54. The molecule has 1 aliphatic heterocycles. The smallest absolute Gasteiger partial charge is 0.211 e. The first kappa shape index (κ1) is 10.9. The molecule has 86 valence electrons. The standard InChI is InChI=1S/C11H15N3O2/c1-9-7-14(4-5-16-9)11-3-2-10(6-12-11)13-8-15/h2-3,6,8-9H,4-5,7H2,1H3,(H,13,15). The van der Waals surface area contributed by atoms with E-state index in [1.807, 2.05) is 12.1 Å². The first-order chi connectivity index (χ1) is 7.79. The fourth-order valence-electron chi connectivity index (χ4n) is 1.75. The molecule has 1 amide bonds. The fourth-order valence-corrected chi connectivity index (χ4v) is 1.75. The highest BCUT2D eigenvalue weighted by molar-refractivity contribution is 5.71. The molecule has 1 saturated heterocycles. The quantitative estimate of drug-likeness (QED) is 0.770. The number of nitrogens with one attached hydrogen (secondary N) is 1. The highest BCUT2D eigenvalue weighted by Gasteiger charge is 2.17. The lowest BCUT2D eigenvalue weighted by molar-refractivity contribution is -0.105. The average molecular weight is 221 g/mol. The number of nitrogens with zero attached hydrogens (tertiary/aromatic N) is 2. The Morgan fingerprint density at radius 3 is 3.12 bits per heavy atom. The molecule has 5 nitrogen and oxygen atoms in total. The second kappa shape index (κ2) is 4.94. The topological polar surface area (TPSA) is 54.5 Å². The van der Waals surface area contributed by atoms with E-state index >= 15 is 0 Å². The number of hydrogen-bond donors (Lipinski definition) is 1. The molecule has 1 atom stereocenters. The highest BCUT2D eigenvalue weighted by Crippen LogP contribution is 2.16. The molecule has 0 aliphatic carbocycles. The lowest BCUT2D eigenvalue weighted by Gasteiger charge is -2.32. The number of amides is 1. The number of pyridine rings is 1. The van der Waals surface area contributed by atoms with Crippen LogP contribution in [0.2, 0.25) is 0 Å². The number of carbonyl (C=O) groups is 1. The van der Waals surface area contributed by atoms with Crippen molar-refractivity contribution in [1.82, 2.24) is 4.98 Å². The van der Waals surface area contributed by atoms with Crippen LogP contribution >= 0.6 is 0 Å². The van der Waals surface area contributed by atoms with Crippen LogP contribution in [0.15, 0.2) is 18.3 Å². The lowest BCUT2D eigenvalue weighted by atomic mass is 10.3. The van der Waals surface area contributed by atoms with Gasteiger partial charge < -0.3 is 15.0 Å². The van der Waals surface area contributed by atoms with Crippen LogP contribution in [0.25, 0.3) is 0 Å². The molecule has 0 saturated carbocycles. The molecule has 1 aromatic heterocycles. The molecule has 1 aromatic rings. The van der Waals surface area contributed by atoms with Gasteiger partial charge in [0.05, 0.1) is 24.6 Å². The molecule has 2 heterocycles. The third-order valence-electron chi connectivity index (χ3n) is 2.54. The van der Waals surface area contributed by atoms with Gasteiger partial charge in [-0.2, -0.15) is 0 Å². The zero-order chi connectivity index (χ0) is 11.4. The van der Waals surface area contributed by atoms with E-state index in [4.69, 9.17) is 4.74 Å². The van der Waals surface area contributed by atoms with Gasteiger partial charge in [-0.15, -0.1) is 0 Å². The van der Waals surface area contributed by atoms with E-state index in [9.17, 15) is 4.79 Å². The van der Waals surface area contributed by atoms with Crippen molar-refractivity contribution in [2.75, 3.05) is 29.9 Å². The largest absolute Gasteiger partial charge is 0.375 e. The summed E-state index contributed by atoms with van der Waals surface area (Å²) >= 11 is 0. The molecular formula is C11H15N3O2. The number of aromatic nitrogens is 1. The minimum absolute atomic E-state index is 0.239. The molecule has 5 heteroatoms. The summed E-state index contributed by atoms with van der Waals surface area (Å²) in [6, 6.07) is 3.75. The Morgan fingerprint density at radius 1 is 1.62 bits per heavy atom. The Balaban J connectivity index is 2.05. The number of carbonyl (C=O) groups excluding carboxylic acids is 1. The van der Waals surface area contributed by atoms with E-state index in [1.165, 1.54) is 0 Å². The Labute approximate surface area is 94.4 Å². The van der Waals surface area contributed by atoms with Crippen molar-refractivity contribution in [2.24, 2.45) is 0 Å². The predicted octanol–water partition coefficient (Wildman–Crippen LogP) is 0.875. The zero-order valence-corrected chi connectivity index (χ0v) is 9.22. The fraction of sp³-hybridized carbons (Fsp3) is 0.455. The van der Waals surface area contributed by atoms with Crippen molar-refractivity contribution < 1.29 is 9.53 Å². The van der Waals surface area contributed by atoms with Crippen molar-refractivity contribution in [3.8, 4) is 0 Å². The normalized spacial score (nSPS) is 20.6. The SMILES string of the molecule is CC1CN(c2ccc(NC=O)cn2)CCO1. The average Bonchev–Trinajstić information content (AvgIpc) is 2.30. The predicted molar refractivity (Wildman–Crippen MR) is 61.6 cm³/mol. The maximum Gasteiger partial charge on any atom is 0.211 e. The number of ether oxygens (including phenoxy) is 1. The molecule has 2 rings (SSSR count). The Hall–Kier alpha value is -1.62. The van der Waals surface area contributed by atoms with Gasteiger partial charge in [-0.1, -0.05) is 0 Å². The van der Waals surface area contributed by atoms with E-state index in [0.29, 0.717) is 12.1 Å². The zero-order valence-electron chi connectivity index (χ0n) is 9.22. The van der Waals surface area contributed by atoms with Crippen LogP contribution in [-0.4, -0.2) is 37.2 Å². The summed E-state index contributed by atoms with van der Waals surface area (Å²) in [5, 5.41) is 2.56. The first-order valence-electron chi connectivity index (χ1n) is 5.32. The van der Waals surface area contributed by atoms with Crippen LogP contribution in [0.4, 0.5) is 11.5 Å². The molecule has 1 fully saturated rings. The minimum atomic E-state index is 0.239. The summed E-state index contributed by atoms with van der Waals surface area (Å²) < 4.78 is 5.46. The van der Waals surface area contributed by atoms with Crippen LogP contribution in [0.1, 0.15) is 6.92 Å². The van der Waals surface area contributed by atoms with Crippen LogP contribution in [0, 0.1) is 0 Å². The summed E-state index contributed by atoms with van der Waals surface area (Å²) in [4.78, 5) is 16.7. The molecular weight excluding hydrogens is 206 g/mol. The van der Waals surface area contributed by atoms with E-state index < -0.39 is 0 Å². The number of rotatable bonds is 3. The highest BCUT2D eigenvalue weighted by atomic mass is 16.5. The molecule has 1 unspecified atom stereocenters. The molecule has 16 heavy (non-hydrogen) atoms. The lowest BCUT2D eigenvalue weighted by Crippen LogP contribution is -2.41. The number of hydrogen-bond acceptors (Lipinski definition) is 4. The van der Waals surface area contributed by atoms with Gasteiger partial charge in [0.1, 0.15) is 5.82 Å². The third-order valence-corrected chi connectivity index (χ3v) is 2.54. The van der Waals surface area contributed by atoms with E-state index in [0.717, 1.165) is 25.5 Å². The monoisotopic (exact) mass is 221 g/mol. The van der Waals surface area contributed by atoms with Gasteiger partial charge in [-0.25, -0.2) is 4.98 Å². The van der Waals surface area contributed by atoms with Gasteiger partial charge in [-0.3, -0.25) is 4.79 Å². The van der Waals surface area contributed by atoms with Crippen molar-refractivity contribution in [3.05, 3.63) is 18.3 Å². The first-order valence-corrected chi connectivity index (χ1v) is 5.32. The van der Waals surface area contributed by atoms with Crippen molar-refractivity contribution >= 4 is 17.9 Å². The second-order valence-electron chi connectivity index (χ2n) is 3.79. The van der Waals surface area contributed by atoms with Gasteiger partial charge in [-0.05, 0) is 19.1 Å². The third kappa shape index (κ3) is 2.49. The van der Waals surface area contributed by atoms with Gasteiger partial charge in [0.25, 0.3) is 0 Å². The Kier molecular flexibility index (Phi) is 3.36. The summed E-state index contributed by atoms with van der Waals surface area (Å²) in [5.74, 6) is 0.923. The summed E-state index contributed by atoms with van der Waals surface area (Å²) in [6.45, 7) is 4.50. The van der Waals surface area contributed by atoms with Crippen molar-refractivity contribution in [1.29, 1.82) is 0 Å². The van der Waals surface area contributed by atoms with Crippen LogP contribution < -0.4 is 10.2 Å². The minimum Gasteiger partial charge on any atom is -0.375 e. The maximum absolute atomic E-state index is 10.2. The van der Waals surface area contributed by atoms with Gasteiger partial charge in [0.15, 0.2) is 0 Å². The van der Waals surface area contributed by atoms with Crippen LogP contribution in [0.5, 0.6) is 0 Å². The van der Waals surface area contributed by atoms with Crippen LogP contribution in [-0.2, 0) is 9.53 Å². The maximum atomic E-state index is 10.2. The van der Waals surface area contributed by atoms with Crippen molar-refractivity contribution in [3.63, 3.8) is 0 Å². The number of anilines is 2. The van der Waals surface area contributed by atoms with Crippen LogP contribution in [0.3, 0.4) is 0 Å². The second-order valence-corrected chi connectivity index (χ2v) is 3.79. The van der Waals surface area contributed by atoms with E-state index in [1.54, 1.807) is 6.20 Å². The Bertz CT molecular complexity index is 353. The molecule has 0 bridgehead atoms.